The molecule has 1 atom stereocenters. The van der Waals surface area contributed by atoms with Crippen LogP contribution in [0.2, 0.25) is 5.54 Å². The maximum atomic E-state index is 3.99. The van der Waals surface area contributed by atoms with Crippen molar-refractivity contribution in [3.8, 4) is 0 Å². The number of rotatable bonds is 6. The van der Waals surface area contributed by atoms with Crippen LogP contribution in [-0.2, 0) is 0 Å². The molecule has 0 saturated carbocycles. The third kappa shape index (κ3) is 3.96. The molecule has 2 nitrogen and oxygen atoms in total. The molecule has 2 aliphatic heterocycles. The summed E-state index contributed by atoms with van der Waals surface area (Å²) in [5.74, 6) is 0. The average molecular weight is 295 g/mol. The van der Waals surface area contributed by atoms with Crippen LogP contribution < -0.4 is 0 Å². The Morgan fingerprint density at radius 2 is 1.45 bits per heavy atom. The van der Waals surface area contributed by atoms with E-state index in [9.17, 15) is 0 Å². The lowest BCUT2D eigenvalue weighted by Gasteiger charge is -2.52. The van der Waals surface area contributed by atoms with Gasteiger partial charge in [-0.2, -0.15) is 0 Å². The van der Waals surface area contributed by atoms with E-state index in [1.807, 2.05) is 0 Å². The van der Waals surface area contributed by atoms with Gasteiger partial charge >= 0.3 is 0 Å². The largest absolute Gasteiger partial charge is 0.286 e. The van der Waals surface area contributed by atoms with E-state index < -0.39 is 0 Å². The second-order valence-electron chi connectivity index (χ2n) is 7.06. The number of nitrogens with zero attached hydrogens (tertiary/aromatic N) is 2. The topological polar surface area (TPSA) is 6.48 Å². The van der Waals surface area contributed by atoms with Gasteiger partial charge in [0.2, 0.25) is 0 Å². The van der Waals surface area contributed by atoms with E-state index in [0.717, 1.165) is 5.54 Å². The second kappa shape index (κ2) is 7.76. The number of allylic oxidation sites excluding steroid dienone is 1. The molecule has 116 valence electrons. The standard InChI is InChI=1S/C17H34N2Si/c1-3-16(20)10-11-17(2,18-12-6-4-7-13-18)19-14-8-5-9-15-19/h3,16H,1,4-15H2,2,20H3. The Hall–Kier alpha value is -0.123. The van der Waals surface area contributed by atoms with Crippen molar-refractivity contribution in [1.29, 1.82) is 0 Å². The van der Waals surface area contributed by atoms with E-state index >= 15 is 0 Å². The molecule has 2 fully saturated rings. The predicted molar refractivity (Wildman–Crippen MR) is 92.4 cm³/mol. The highest BCUT2D eigenvalue weighted by atomic mass is 28.1. The van der Waals surface area contributed by atoms with Crippen LogP contribution in [-0.4, -0.2) is 51.9 Å². The molecule has 2 aliphatic rings. The smallest absolute Gasteiger partial charge is 0.0708 e. The maximum absolute atomic E-state index is 3.99. The first kappa shape index (κ1) is 16.3. The molecule has 0 aromatic carbocycles. The van der Waals surface area contributed by atoms with Crippen LogP contribution in [0.1, 0.15) is 58.3 Å². The summed E-state index contributed by atoms with van der Waals surface area (Å²) in [6.45, 7) is 11.8. The Bertz CT molecular complexity index is 275. The quantitative estimate of drug-likeness (QED) is 0.549. The molecule has 0 aromatic rings. The van der Waals surface area contributed by atoms with Crippen molar-refractivity contribution in [2.75, 3.05) is 26.2 Å². The van der Waals surface area contributed by atoms with Crippen molar-refractivity contribution in [2.45, 2.75) is 69.5 Å². The monoisotopic (exact) mass is 294 g/mol. The van der Waals surface area contributed by atoms with Gasteiger partial charge < -0.3 is 0 Å². The predicted octanol–water partition coefficient (Wildman–Crippen LogP) is 2.79. The summed E-state index contributed by atoms with van der Waals surface area (Å²) in [5, 5.41) is 0. The van der Waals surface area contributed by atoms with E-state index in [4.69, 9.17) is 0 Å². The van der Waals surface area contributed by atoms with E-state index in [1.54, 1.807) is 0 Å². The van der Waals surface area contributed by atoms with E-state index in [0.29, 0.717) is 5.66 Å². The summed E-state index contributed by atoms with van der Waals surface area (Å²) < 4.78 is 0. The van der Waals surface area contributed by atoms with Crippen molar-refractivity contribution >= 4 is 10.2 Å². The zero-order valence-electron chi connectivity index (χ0n) is 13.7. The fourth-order valence-corrected chi connectivity index (χ4v) is 4.18. The molecule has 0 aliphatic carbocycles. The molecule has 3 heteroatoms. The highest BCUT2D eigenvalue weighted by Gasteiger charge is 2.38. The SMILES string of the molecule is C=CC([SiH3])CCC(C)(N1CCCCC1)N1CCCCC1. The van der Waals surface area contributed by atoms with Gasteiger partial charge in [-0.25, -0.2) is 0 Å². The summed E-state index contributed by atoms with van der Waals surface area (Å²) in [5.41, 5.74) is 1.09. The molecule has 2 heterocycles. The van der Waals surface area contributed by atoms with Crippen molar-refractivity contribution in [1.82, 2.24) is 9.80 Å². The van der Waals surface area contributed by atoms with Crippen molar-refractivity contribution in [3.05, 3.63) is 12.7 Å². The molecule has 2 rings (SSSR count). The first-order valence-electron chi connectivity index (χ1n) is 8.79. The molecule has 0 bridgehead atoms. The van der Waals surface area contributed by atoms with Gasteiger partial charge in [0.1, 0.15) is 0 Å². The molecule has 0 amide bonds. The van der Waals surface area contributed by atoms with Crippen LogP contribution in [0.25, 0.3) is 0 Å². The molecule has 0 radical (unpaired) electrons. The number of piperidine rings is 2. The summed E-state index contributed by atoms with van der Waals surface area (Å²) in [4.78, 5) is 5.61. The lowest BCUT2D eigenvalue weighted by Crippen LogP contribution is -2.61. The normalized spacial score (nSPS) is 24.6. The van der Waals surface area contributed by atoms with Gasteiger partial charge in [0.15, 0.2) is 0 Å². The maximum Gasteiger partial charge on any atom is 0.0708 e. The lowest BCUT2D eigenvalue weighted by molar-refractivity contribution is -0.0711. The summed E-state index contributed by atoms with van der Waals surface area (Å²) in [7, 11) is 1.26. The van der Waals surface area contributed by atoms with Crippen molar-refractivity contribution in [3.63, 3.8) is 0 Å². The summed E-state index contributed by atoms with van der Waals surface area (Å²) >= 11 is 0. The minimum atomic E-state index is 0.312. The Morgan fingerprint density at radius 1 is 1.00 bits per heavy atom. The van der Waals surface area contributed by atoms with Crippen LogP contribution >= 0.6 is 0 Å². The van der Waals surface area contributed by atoms with Crippen LogP contribution in [0, 0.1) is 0 Å². The van der Waals surface area contributed by atoms with Gasteiger partial charge in [-0.05, 0) is 77.2 Å². The first-order chi connectivity index (χ1) is 9.66. The van der Waals surface area contributed by atoms with Crippen LogP contribution in [0.15, 0.2) is 12.7 Å². The summed E-state index contributed by atoms with van der Waals surface area (Å²) in [6, 6.07) is 0. The number of hydrogen-bond acceptors (Lipinski definition) is 2. The van der Waals surface area contributed by atoms with E-state index in [1.165, 1.54) is 87.8 Å². The average Bonchev–Trinajstić information content (AvgIpc) is 2.54. The third-order valence-corrected chi connectivity index (χ3v) is 6.60. The minimum Gasteiger partial charge on any atom is -0.286 e. The van der Waals surface area contributed by atoms with Crippen molar-refractivity contribution < 1.29 is 0 Å². The van der Waals surface area contributed by atoms with E-state index in [2.05, 4.69) is 29.4 Å². The Balaban J connectivity index is 2.05. The van der Waals surface area contributed by atoms with Gasteiger partial charge in [-0.1, -0.05) is 18.9 Å². The highest BCUT2D eigenvalue weighted by Crippen LogP contribution is 2.33. The Labute approximate surface area is 129 Å². The van der Waals surface area contributed by atoms with Crippen LogP contribution in [0.3, 0.4) is 0 Å². The van der Waals surface area contributed by atoms with E-state index in [-0.39, 0.29) is 0 Å². The molecule has 20 heavy (non-hydrogen) atoms. The molecular weight excluding hydrogens is 260 g/mol. The molecular formula is C17H34N2Si. The van der Waals surface area contributed by atoms with Gasteiger partial charge in [-0.15, -0.1) is 6.58 Å². The molecule has 0 spiro atoms. The minimum absolute atomic E-state index is 0.312. The molecule has 2 saturated heterocycles. The number of likely N-dealkylation sites (tertiary alicyclic amines) is 2. The molecule has 1 unspecified atom stereocenters. The molecule has 0 aromatic heterocycles. The van der Waals surface area contributed by atoms with Gasteiger partial charge in [0, 0.05) is 10.2 Å². The fourth-order valence-electron chi connectivity index (χ4n) is 3.89. The highest BCUT2D eigenvalue weighted by molar-refractivity contribution is 6.12. The van der Waals surface area contributed by atoms with Crippen molar-refractivity contribution in [2.24, 2.45) is 0 Å². The zero-order chi connectivity index (χ0) is 14.4. The zero-order valence-corrected chi connectivity index (χ0v) is 15.7. The lowest BCUT2D eigenvalue weighted by atomic mass is 9.94. The first-order valence-corrected chi connectivity index (χ1v) is 9.95. The number of hydrogen-bond donors (Lipinski definition) is 0. The second-order valence-corrected chi connectivity index (χ2v) is 8.55. The molecule has 0 N–H and O–H groups in total. The van der Waals surface area contributed by atoms with Crippen LogP contribution in [0.5, 0.6) is 0 Å². The third-order valence-electron chi connectivity index (χ3n) is 5.55. The Morgan fingerprint density at radius 3 is 1.85 bits per heavy atom. The Kier molecular flexibility index (Phi) is 6.31. The summed E-state index contributed by atoms with van der Waals surface area (Å²) in [6.07, 6.45) is 13.3. The van der Waals surface area contributed by atoms with Gasteiger partial charge in [0.25, 0.3) is 0 Å². The van der Waals surface area contributed by atoms with Crippen LogP contribution in [0.4, 0.5) is 0 Å². The van der Waals surface area contributed by atoms with Gasteiger partial charge in [0.05, 0.1) is 5.66 Å². The van der Waals surface area contributed by atoms with Gasteiger partial charge in [-0.3, -0.25) is 9.80 Å². The fraction of sp³-hybridized carbons (Fsp3) is 0.882.